The van der Waals surface area contributed by atoms with Gasteiger partial charge in [0.05, 0.1) is 0 Å². The Morgan fingerprint density at radius 3 is 2.71 bits per heavy atom. The van der Waals surface area contributed by atoms with Crippen LogP contribution < -0.4 is 5.73 Å². The van der Waals surface area contributed by atoms with Gasteiger partial charge in [0.2, 0.25) is 0 Å². The molecule has 0 aliphatic carbocycles. The molecule has 0 unspecified atom stereocenters. The zero-order valence-electron chi connectivity index (χ0n) is 9.46. The van der Waals surface area contributed by atoms with Crippen molar-refractivity contribution in [1.82, 2.24) is 14.6 Å². The minimum Gasteiger partial charge on any atom is -0.384 e. The molecule has 0 aliphatic rings. The van der Waals surface area contributed by atoms with Crippen LogP contribution in [-0.2, 0) is 0 Å². The largest absolute Gasteiger partial charge is 0.384 e. The van der Waals surface area contributed by atoms with Crippen LogP contribution in [0.15, 0.2) is 42.5 Å². The van der Waals surface area contributed by atoms with Gasteiger partial charge >= 0.3 is 0 Å². The summed E-state index contributed by atoms with van der Waals surface area (Å²) in [7, 11) is 0. The second-order valence-electron chi connectivity index (χ2n) is 4.03. The van der Waals surface area contributed by atoms with Crippen LogP contribution in [0.1, 0.15) is 5.56 Å². The molecular weight excluding hydrogens is 212 g/mol. The van der Waals surface area contributed by atoms with E-state index in [0.717, 1.165) is 11.2 Å². The van der Waals surface area contributed by atoms with Gasteiger partial charge in [0.1, 0.15) is 5.82 Å². The van der Waals surface area contributed by atoms with Crippen molar-refractivity contribution in [3.05, 3.63) is 48.0 Å². The van der Waals surface area contributed by atoms with Crippen molar-refractivity contribution >= 4 is 11.5 Å². The number of nitrogens with zero attached hydrogens (tertiary/aromatic N) is 3. The molecule has 0 atom stereocenters. The Labute approximate surface area is 98.7 Å². The normalized spacial score (nSPS) is 10.9. The molecule has 17 heavy (non-hydrogen) atoms. The highest BCUT2D eigenvalue weighted by Gasteiger charge is 2.07. The van der Waals surface area contributed by atoms with Gasteiger partial charge in [-0.15, -0.1) is 5.10 Å². The van der Waals surface area contributed by atoms with Crippen LogP contribution in [-0.4, -0.2) is 14.6 Å². The molecular formula is C13H12N4. The molecule has 0 bridgehead atoms. The minimum atomic E-state index is 0.592. The van der Waals surface area contributed by atoms with E-state index in [1.807, 2.05) is 43.3 Å². The molecule has 1 aromatic carbocycles. The van der Waals surface area contributed by atoms with E-state index in [9.17, 15) is 0 Å². The predicted octanol–water partition coefficient (Wildman–Crippen LogP) is 2.29. The summed E-state index contributed by atoms with van der Waals surface area (Å²) in [4.78, 5) is 4.46. The molecule has 4 nitrogen and oxygen atoms in total. The third-order valence-electron chi connectivity index (χ3n) is 2.67. The van der Waals surface area contributed by atoms with Gasteiger partial charge in [-0.2, -0.15) is 4.52 Å². The molecule has 3 aromatic rings. The van der Waals surface area contributed by atoms with Crippen molar-refractivity contribution in [2.75, 3.05) is 5.73 Å². The van der Waals surface area contributed by atoms with Crippen LogP contribution in [0, 0.1) is 6.92 Å². The number of benzene rings is 1. The number of anilines is 1. The standard InChI is InChI=1S/C13H12N4/c1-9-4-2-5-10(8-9)13-15-12-7-3-6-11(14)17(12)16-13/h2-8H,14H2,1H3. The van der Waals surface area contributed by atoms with Crippen molar-refractivity contribution in [2.24, 2.45) is 0 Å². The molecule has 2 N–H and O–H groups in total. The van der Waals surface area contributed by atoms with Gasteiger partial charge < -0.3 is 5.73 Å². The first-order valence-corrected chi connectivity index (χ1v) is 5.42. The Kier molecular flexibility index (Phi) is 2.08. The Morgan fingerprint density at radius 1 is 1.12 bits per heavy atom. The third-order valence-corrected chi connectivity index (χ3v) is 2.67. The number of aryl methyl sites for hydroxylation is 1. The smallest absolute Gasteiger partial charge is 0.182 e. The number of pyridine rings is 1. The van der Waals surface area contributed by atoms with E-state index in [4.69, 9.17) is 5.73 Å². The fourth-order valence-corrected chi connectivity index (χ4v) is 1.83. The van der Waals surface area contributed by atoms with Crippen molar-refractivity contribution in [1.29, 1.82) is 0 Å². The Hall–Kier alpha value is -2.36. The van der Waals surface area contributed by atoms with E-state index in [-0.39, 0.29) is 0 Å². The molecule has 2 aromatic heterocycles. The van der Waals surface area contributed by atoms with E-state index in [1.165, 1.54) is 5.56 Å². The average molecular weight is 224 g/mol. The monoisotopic (exact) mass is 224 g/mol. The molecule has 0 saturated heterocycles. The minimum absolute atomic E-state index is 0.592. The fourth-order valence-electron chi connectivity index (χ4n) is 1.83. The Balaban J connectivity index is 2.22. The maximum atomic E-state index is 5.84. The van der Waals surface area contributed by atoms with Crippen LogP contribution in [0.4, 0.5) is 5.82 Å². The van der Waals surface area contributed by atoms with Crippen LogP contribution in [0.3, 0.4) is 0 Å². The summed E-state index contributed by atoms with van der Waals surface area (Å²) in [5.74, 6) is 1.29. The highest BCUT2D eigenvalue weighted by molar-refractivity contribution is 5.60. The predicted molar refractivity (Wildman–Crippen MR) is 67.6 cm³/mol. The van der Waals surface area contributed by atoms with Crippen LogP contribution in [0.25, 0.3) is 17.0 Å². The fraction of sp³-hybridized carbons (Fsp3) is 0.0769. The quantitative estimate of drug-likeness (QED) is 0.690. The summed E-state index contributed by atoms with van der Waals surface area (Å²) in [5.41, 5.74) is 8.80. The lowest BCUT2D eigenvalue weighted by molar-refractivity contribution is 0.978. The van der Waals surface area contributed by atoms with Gasteiger partial charge in [-0.05, 0) is 25.1 Å². The van der Waals surface area contributed by atoms with Gasteiger partial charge in [0.15, 0.2) is 11.5 Å². The number of aromatic nitrogens is 3. The maximum absolute atomic E-state index is 5.84. The lowest BCUT2D eigenvalue weighted by atomic mass is 10.1. The summed E-state index contributed by atoms with van der Waals surface area (Å²) in [5, 5.41) is 4.40. The zero-order valence-corrected chi connectivity index (χ0v) is 9.46. The third kappa shape index (κ3) is 1.63. The van der Waals surface area contributed by atoms with Crippen LogP contribution in [0.5, 0.6) is 0 Å². The molecule has 0 amide bonds. The molecule has 0 saturated carbocycles. The summed E-state index contributed by atoms with van der Waals surface area (Å²) in [6, 6.07) is 13.7. The number of hydrogen-bond acceptors (Lipinski definition) is 3. The molecule has 2 heterocycles. The topological polar surface area (TPSA) is 56.2 Å². The maximum Gasteiger partial charge on any atom is 0.182 e. The number of rotatable bonds is 1. The number of hydrogen-bond donors (Lipinski definition) is 1. The lowest BCUT2D eigenvalue weighted by Gasteiger charge is -1.96. The van der Waals surface area contributed by atoms with Gasteiger partial charge in [0.25, 0.3) is 0 Å². The molecule has 0 fully saturated rings. The van der Waals surface area contributed by atoms with Crippen LogP contribution >= 0.6 is 0 Å². The second-order valence-corrected chi connectivity index (χ2v) is 4.03. The van der Waals surface area contributed by atoms with Gasteiger partial charge in [-0.1, -0.05) is 29.8 Å². The van der Waals surface area contributed by atoms with Gasteiger partial charge in [-0.25, -0.2) is 4.98 Å². The molecule has 0 spiro atoms. The first-order chi connectivity index (χ1) is 8.24. The molecule has 84 valence electrons. The highest BCUT2D eigenvalue weighted by Crippen LogP contribution is 2.18. The first-order valence-electron chi connectivity index (χ1n) is 5.42. The summed E-state index contributed by atoms with van der Waals surface area (Å²) in [6.45, 7) is 2.05. The SMILES string of the molecule is Cc1cccc(-c2nc3cccc(N)n3n2)c1. The van der Waals surface area contributed by atoms with E-state index in [0.29, 0.717) is 11.6 Å². The van der Waals surface area contributed by atoms with E-state index >= 15 is 0 Å². The first kappa shape index (κ1) is 9.84. The van der Waals surface area contributed by atoms with Crippen molar-refractivity contribution < 1.29 is 0 Å². The van der Waals surface area contributed by atoms with Crippen molar-refractivity contribution in [3.8, 4) is 11.4 Å². The molecule has 0 aliphatic heterocycles. The molecule has 4 heteroatoms. The van der Waals surface area contributed by atoms with Gasteiger partial charge in [-0.3, -0.25) is 0 Å². The molecule has 0 radical (unpaired) electrons. The Bertz CT molecular complexity index is 685. The van der Waals surface area contributed by atoms with Crippen molar-refractivity contribution in [2.45, 2.75) is 6.92 Å². The van der Waals surface area contributed by atoms with Crippen LogP contribution in [0.2, 0.25) is 0 Å². The lowest BCUT2D eigenvalue weighted by Crippen LogP contribution is -1.97. The zero-order chi connectivity index (χ0) is 11.8. The summed E-state index contributed by atoms with van der Waals surface area (Å²) in [6.07, 6.45) is 0. The highest BCUT2D eigenvalue weighted by atomic mass is 15.3. The number of nitrogens with two attached hydrogens (primary N) is 1. The average Bonchev–Trinajstić information content (AvgIpc) is 2.74. The second kappa shape index (κ2) is 3.59. The number of nitrogen functional groups attached to an aromatic ring is 1. The summed E-state index contributed by atoms with van der Waals surface area (Å²) >= 11 is 0. The van der Waals surface area contributed by atoms with E-state index < -0.39 is 0 Å². The van der Waals surface area contributed by atoms with E-state index in [2.05, 4.69) is 16.1 Å². The van der Waals surface area contributed by atoms with E-state index in [1.54, 1.807) is 4.52 Å². The molecule has 3 rings (SSSR count). The number of fused-ring (bicyclic) bond motifs is 1. The van der Waals surface area contributed by atoms with Gasteiger partial charge in [0, 0.05) is 5.56 Å². The summed E-state index contributed by atoms with van der Waals surface area (Å²) < 4.78 is 1.65. The Morgan fingerprint density at radius 2 is 1.94 bits per heavy atom. The van der Waals surface area contributed by atoms with Crippen molar-refractivity contribution in [3.63, 3.8) is 0 Å².